The van der Waals surface area contributed by atoms with Gasteiger partial charge in [-0.3, -0.25) is 0 Å². The van der Waals surface area contributed by atoms with Crippen LogP contribution >= 0.6 is 11.3 Å². The van der Waals surface area contributed by atoms with Gasteiger partial charge < -0.3 is 10.5 Å². The number of hydrogen-bond acceptors (Lipinski definition) is 4. The van der Waals surface area contributed by atoms with Crippen LogP contribution in [0.4, 0.5) is 0 Å². The molecule has 1 unspecified atom stereocenters. The summed E-state index contributed by atoms with van der Waals surface area (Å²) in [7, 11) is 1.68. The van der Waals surface area contributed by atoms with Crippen molar-refractivity contribution in [1.29, 1.82) is 0 Å². The molecule has 0 saturated carbocycles. The SMILES string of the molecule is COCc1nc(C(C)CCN)cs1. The van der Waals surface area contributed by atoms with Crippen molar-refractivity contribution in [2.24, 2.45) is 5.73 Å². The first kappa shape index (κ1) is 10.6. The van der Waals surface area contributed by atoms with E-state index >= 15 is 0 Å². The molecule has 0 radical (unpaired) electrons. The second-order valence-corrected chi connectivity index (χ2v) is 4.02. The number of thiazole rings is 1. The molecular weight excluding hydrogens is 184 g/mol. The monoisotopic (exact) mass is 200 g/mol. The highest BCUT2D eigenvalue weighted by molar-refractivity contribution is 7.09. The zero-order chi connectivity index (χ0) is 9.68. The molecule has 1 aromatic heterocycles. The Kier molecular flexibility index (Phi) is 4.35. The molecule has 0 bridgehead atoms. The smallest absolute Gasteiger partial charge is 0.119 e. The van der Waals surface area contributed by atoms with Crippen LogP contribution in [0.1, 0.15) is 30.0 Å². The van der Waals surface area contributed by atoms with Gasteiger partial charge in [0.2, 0.25) is 0 Å². The van der Waals surface area contributed by atoms with E-state index in [1.54, 1.807) is 18.4 Å². The number of methoxy groups -OCH3 is 1. The highest BCUT2D eigenvalue weighted by Crippen LogP contribution is 2.20. The summed E-state index contributed by atoms with van der Waals surface area (Å²) in [5.41, 5.74) is 6.62. The van der Waals surface area contributed by atoms with E-state index < -0.39 is 0 Å². The number of hydrogen-bond donors (Lipinski definition) is 1. The largest absolute Gasteiger partial charge is 0.378 e. The standard InChI is InChI=1S/C9H16N2OS/c1-7(3-4-10)8-6-13-9(11-8)5-12-2/h6-7H,3-5,10H2,1-2H3. The summed E-state index contributed by atoms with van der Waals surface area (Å²) < 4.78 is 5.00. The van der Waals surface area contributed by atoms with Gasteiger partial charge in [0.05, 0.1) is 12.3 Å². The van der Waals surface area contributed by atoms with Crippen LogP contribution in [-0.4, -0.2) is 18.6 Å². The predicted molar refractivity (Wildman–Crippen MR) is 54.9 cm³/mol. The van der Waals surface area contributed by atoms with E-state index in [4.69, 9.17) is 10.5 Å². The zero-order valence-electron chi connectivity index (χ0n) is 8.12. The van der Waals surface area contributed by atoms with Crippen molar-refractivity contribution in [3.05, 3.63) is 16.1 Å². The van der Waals surface area contributed by atoms with Gasteiger partial charge in [0, 0.05) is 18.4 Å². The first-order valence-electron chi connectivity index (χ1n) is 4.41. The fourth-order valence-corrected chi connectivity index (χ4v) is 2.02. The van der Waals surface area contributed by atoms with E-state index in [1.807, 2.05) is 0 Å². The fourth-order valence-electron chi connectivity index (χ4n) is 1.14. The summed E-state index contributed by atoms with van der Waals surface area (Å²) >= 11 is 1.65. The zero-order valence-corrected chi connectivity index (χ0v) is 8.93. The summed E-state index contributed by atoms with van der Waals surface area (Å²) in [6.07, 6.45) is 0.996. The number of ether oxygens (including phenoxy) is 1. The average molecular weight is 200 g/mol. The maximum Gasteiger partial charge on any atom is 0.119 e. The van der Waals surface area contributed by atoms with E-state index in [2.05, 4.69) is 17.3 Å². The molecule has 0 amide bonds. The molecule has 0 aliphatic carbocycles. The third-order valence-electron chi connectivity index (χ3n) is 1.94. The van der Waals surface area contributed by atoms with Crippen molar-refractivity contribution < 1.29 is 4.74 Å². The van der Waals surface area contributed by atoms with Gasteiger partial charge in [-0.15, -0.1) is 11.3 Å². The van der Waals surface area contributed by atoms with Crippen LogP contribution in [0, 0.1) is 0 Å². The Morgan fingerprint density at radius 1 is 1.69 bits per heavy atom. The van der Waals surface area contributed by atoms with Crippen LogP contribution in [0.25, 0.3) is 0 Å². The number of aromatic nitrogens is 1. The molecule has 3 nitrogen and oxygen atoms in total. The van der Waals surface area contributed by atoms with E-state index in [-0.39, 0.29) is 0 Å². The van der Waals surface area contributed by atoms with E-state index in [0.717, 1.165) is 23.7 Å². The molecule has 1 aromatic rings. The Balaban J connectivity index is 2.56. The van der Waals surface area contributed by atoms with E-state index in [0.29, 0.717) is 12.5 Å². The summed E-state index contributed by atoms with van der Waals surface area (Å²) in [6, 6.07) is 0. The highest BCUT2D eigenvalue weighted by atomic mass is 32.1. The van der Waals surface area contributed by atoms with Crippen molar-refractivity contribution in [3.63, 3.8) is 0 Å². The van der Waals surface area contributed by atoms with Crippen molar-refractivity contribution >= 4 is 11.3 Å². The maximum atomic E-state index is 5.48. The fraction of sp³-hybridized carbons (Fsp3) is 0.667. The lowest BCUT2D eigenvalue weighted by molar-refractivity contribution is 0.184. The Labute approximate surface area is 82.9 Å². The number of rotatable bonds is 5. The summed E-state index contributed by atoms with van der Waals surface area (Å²) in [5.74, 6) is 0.465. The number of nitrogens with zero attached hydrogens (tertiary/aromatic N) is 1. The van der Waals surface area contributed by atoms with E-state index in [1.165, 1.54) is 0 Å². The Morgan fingerprint density at radius 3 is 3.08 bits per heavy atom. The summed E-state index contributed by atoms with van der Waals surface area (Å²) in [5, 5.41) is 3.13. The van der Waals surface area contributed by atoms with Crippen LogP contribution < -0.4 is 5.73 Å². The molecule has 1 atom stereocenters. The molecular formula is C9H16N2OS. The third kappa shape index (κ3) is 3.06. The van der Waals surface area contributed by atoms with Gasteiger partial charge in [-0.2, -0.15) is 0 Å². The van der Waals surface area contributed by atoms with E-state index in [9.17, 15) is 0 Å². The average Bonchev–Trinajstić information content (AvgIpc) is 2.54. The Bertz CT molecular complexity index is 250. The lowest BCUT2D eigenvalue weighted by Crippen LogP contribution is -2.04. The molecule has 0 aliphatic rings. The molecule has 74 valence electrons. The molecule has 4 heteroatoms. The summed E-state index contributed by atoms with van der Waals surface area (Å²) in [4.78, 5) is 4.46. The van der Waals surface area contributed by atoms with Crippen LogP contribution in [0.5, 0.6) is 0 Å². The van der Waals surface area contributed by atoms with Crippen molar-refractivity contribution in [1.82, 2.24) is 4.98 Å². The minimum Gasteiger partial charge on any atom is -0.378 e. The van der Waals surface area contributed by atoms with Gasteiger partial charge in [-0.25, -0.2) is 4.98 Å². The summed E-state index contributed by atoms with van der Waals surface area (Å²) in [6.45, 7) is 3.48. The first-order chi connectivity index (χ1) is 6.27. The van der Waals surface area contributed by atoms with Crippen LogP contribution in [0.2, 0.25) is 0 Å². The molecule has 0 aromatic carbocycles. The number of nitrogens with two attached hydrogens (primary N) is 1. The molecule has 2 N–H and O–H groups in total. The van der Waals surface area contributed by atoms with Crippen LogP contribution in [0.3, 0.4) is 0 Å². The predicted octanol–water partition coefficient (Wildman–Crippen LogP) is 1.74. The molecule has 0 saturated heterocycles. The second-order valence-electron chi connectivity index (χ2n) is 3.08. The molecule has 13 heavy (non-hydrogen) atoms. The van der Waals surface area contributed by atoms with Gasteiger partial charge in [-0.1, -0.05) is 6.92 Å². The van der Waals surface area contributed by atoms with Crippen LogP contribution in [0.15, 0.2) is 5.38 Å². The molecule has 1 rings (SSSR count). The minimum absolute atomic E-state index is 0.465. The maximum absolute atomic E-state index is 5.48. The Morgan fingerprint density at radius 2 is 2.46 bits per heavy atom. The lowest BCUT2D eigenvalue weighted by atomic mass is 10.1. The van der Waals surface area contributed by atoms with Gasteiger partial charge >= 0.3 is 0 Å². The van der Waals surface area contributed by atoms with Gasteiger partial charge in [-0.05, 0) is 13.0 Å². The topological polar surface area (TPSA) is 48.1 Å². The molecule has 1 heterocycles. The van der Waals surface area contributed by atoms with Gasteiger partial charge in [0.25, 0.3) is 0 Å². The van der Waals surface area contributed by atoms with Crippen molar-refractivity contribution in [3.8, 4) is 0 Å². The lowest BCUT2D eigenvalue weighted by Gasteiger charge is -2.04. The van der Waals surface area contributed by atoms with Crippen LogP contribution in [-0.2, 0) is 11.3 Å². The third-order valence-corrected chi connectivity index (χ3v) is 2.78. The normalized spacial score (nSPS) is 13.2. The van der Waals surface area contributed by atoms with Crippen molar-refractivity contribution in [2.75, 3.05) is 13.7 Å². The molecule has 0 aliphatic heterocycles. The molecule has 0 fully saturated rings. The van der Waals surface area contributed by atoms with Gasteiger partial charge in [0.15, 0.2) is 0 Å². The first-order valence-corrected chi connectivity index (χ1v) is 5.29. The quantitative estimate of drug-likeness (QED) is 0.787. The second kappa shape index (κ2) is 5.32. The minimum atomic E-state index is 0.465. The molecule has 0 spiro atoms. The van der Waals surface area contributed by atoms with Crippen molar-refractivity contribution in [2.45, 2.75) is 25.9 Å². The highest BCUT2D eigenvalue weighted by Gasteiger charge is 2.08. The Hall–Kier alpha value is -0.450. The van der Waals surface area contributed by atoms with Gasteiger partial charge in [0.1, 0.15) is 5.01 Å².